The summed E-state index contributed by atoms with van der Waals surface area (Å²) < 4.78 is 5.54. The van der Waals surface area contributed by atoms with Crippen molar-refractivity contribution < 1.29 is 9.32 Å². The van der Waals surface area contributed by atoms with Crippen LogP contribution in [0, 0.1) is 5.92 Å². The van der Waals surface area contributed by atoms with Crippen LogP contribution in [0.15, 0.2) is 65.4 Å². The first-order chi connectivity index (χ1) is 13.8. The summed E-state index contributed by atoms with van der Waals surface area (Å²) in [6.07, 6.45) is 5.50. The van der Waals surface area contributed by atoms with E-state index in [1.165, 1.54) is 0 Å². The number of hydrogen-bond acceptors (Lipinski definition) is 5. The van der Waals surface area contributed by atoms with E-state index in [4.69, 9.17) is 4.52 Å². The first-order valence-electron chi connectivity index (χ1n) is 9.69. The van der Waals surface area contributed by atoms with Gasteiger partial charge >= 0.3 is 0 Å². The number of likely N-dealkylation sites (tertiary alicyclic amines) is 1. The molecule has 1 aromatic carbocycles. The Morgan fingerprint density at radius 3 is 2.93 bits per heavy atom. The molecule has 0 aliphatic carbocycles. The number of rotatable bonds is 6. The molecule has 1 aliphatic rings. The lowest BCUT2D eigenvalue weighted by Crippen LogP contribution is -2.40. The molecule has 0 spiro atoms. The Hall–Kier alpha value is -2.99. The van der Waals surface area contributed by atoms with E-state index in [1.54, 1.807) is 24.5 Å². The molecular formula is C22H24N4O2. The van der Waals surface area contributed by atoms with Gasteiger partial charge in [-0.05, 0) is 37.4 Å². The van der Waals surface area contributed by atoms with Gasteiger partial charge in [0.2, 0.25) is 0 Å². The summed E-state index contributed by atoms with van der Waals surface area (Å²) in [5.74, 6) is 1.25. The molecule has 0 unspecified atom stereocenters. The molecule has 1 N–H and O–H groups in total. The van der Waals surface area contributed by atoms with Crippen molar-refractivity contribution in [3.8, 4) is 11.3 Å². The molecular weight excluding hydrogens is 352 g/mol. The van der Waals surface area contributed by atoms with Crippen LogP contribution < -0.4 is 5.32 Å². The Labute approximate surface area is 164 Å². The van der Waals surface area contributed by atoms with Crippen molar-refractivity contribution in [2.75, 3.05) is 19.6 Å². The van der Waals surface area contributed by atoms with E-state index >= 15 is 0 Å². The average molecular weight is 376 g/mol. The zero-order valence-corrected chi connectivity index (χ0v) is 15.8. The van der Waals surface area contributed by atoms with Gasteiger partial charge in [0, 0.05) is 37.1 Å². The monoisotopic (exact) mass is 376 g/mol. The molecule has 28 heavy (non-hydrogen) atoms. The lowest BCUT2D eigenvalue weighted by molar-refractivity contribution is 0.0927. The van der Waals surface area contributed by atoms with Crippen LogP contribution in [-0.2, 0) is 6.54 Å². The number of benzene rings is 1. The van der Waals surface area contributed by atoms with Gasteiger partial charge in [0.05, 0.1) is 12.1 Å². The number of hydrogen-bond donors (Lipinski definition) is 1. The van der Waals surface area contributed by atoms with Crippen LogP contribution >= 0.6 is 0 Å². The Kier molecular flexibility index (Phi) is 5.77. The van der Waals surface area contributed by atoms with Crippen LogP contribution in [0.2, 0.25) is 0 Å². The van der Waals surface area contributed by atoms with Crippen molar-refractivity contribution in [2.45, 2.75) is 19.4 Å². The van der Waals surface area contributed by atoms with Crippen molar-refractivity contribution in [1.29, 1.82) is 0 Å². The summed E-state index contributed by atoms with van der Waals surface area (Å²) in [7, 11) is 0. The van der Waals surface area contributed by atoms with Crippen molar-refractivity contribution >= 4 is 5.91 Å². The maximum Gasteiger partial charge on any atom is 0.252 e. The second-order valence-electron chi connectivity index (χ2n) is 7.24. The molecule has 1 aliphatic heterocycles. The third-order valence-electron chi connectivity index (χ3n) is 5.09. The highest BCUT2D eigenvalue weighted by molar-refractivity contribution is 5.93. The van der Waals surface area contributed by atoms with Crippen LogP contribution in [0.3, 0.4) is 0 Å². The van der Waals surface area contributed by atoms with E-state index in [0.29, 0.717) is 18.0 Å². The van der Waals surface area contributed by atoms with Crippen molar-refractivity contribution in [1.82, 2.24) is 20.4 Å². The SMILES string of the molecule is O=C(NC[C@@H]1CCCN(Cc2cc(-c3ccccc3)no2)C1)c1cccnc1. The molecule has 3 heterocycles. The Morgan fingerprint density at radius 1 is 1.21 bits per heavy atom. The first-order valence-corrected chi connectivity index (χ1v) is 9.69. The van der Waals surface area contributed by atoms with Gasteiger partial charge in [0.15, 0.2) is 5.76 Å². The van der Waals surface area contributed by atoms with Gasteiger partial charge in [-0.3, -0.25) is 14.7 Å². The molecule has 6 nitrogen and oxygen atoms in total. The fourth-order valence-corrected chi connectivity index (χ4v) is 3.65. The van der Waals surface area contributed by atoms with Crippen molar-refractivity contribution in [3.63, 3.8) is 0 Å². The second-order valence-corrected chi connectivity index (χ2v) is 7.24. The van der Waals surface area contributed by atoms with Gasteiger partial charge in [-0.25, -0.2) is 0 Å². The van der Waals surface area contributed by atoms with Crippen LogP contribution in [0.25, 0.3) is 11.3 Å². The molecule has 0 bridgehead atoms. The minimum absolute atomic E-state index is 0.0621. The van der Waals surface area contributed by atoms with Gasteiger partial charge in [-0.1, -0.05) is 35.5 Å². The van der Waals surface area contributed by atoms with E-state index in [0.717, 1.165) is 49.5 Å². The van der Waals surface area contributed by atoms with Gasteiger partial charge < -0.3 is 9.84 Å². The largest absolute Gasteiger partial charge is 0.359 e. The quantitative estimate of drug-likeness (QED) is 0.714. The standard InChI is InChI=1S/C22H24N4O2/c27-22(19-9-4-10-23-14-19)24-13-17-6-5-11-26(15-17)16-20-12-21(25-28-20)18-7-2-1-3-8-18/h1-4,7-10,12,14,17H,5-6,11,13,15-16H2,(H,24,27)/t17-/m0/s1. The first kappa shape index (κ1) is 18.4. The Bertz CT molecular complexity index is 895. The molecule has 4 rings (SSSR count). The molecule has 0 saturated carbocycles. The van der Waals surface area contributed by atoms with Gasteiger partial charge in [0.25, 0.3) is 5.91 Å². The van der Waals surface area contributed by atoms with Crippen LogP contribution in [0.5, 0.6) is 0 Å². The van der Waals surface area contributed by atoms with E-state index in [-0.39, 0.29) is 5.91 Å². The minimum atomic E-state index is -0.0621. The van der Waals surface area contributed by atoms with E-state index in [9.17, 15) is 4.79 Å². The van der Waals surface area contributed by atoms with Crippen molar-refractivity contribution in [3.05, 3.63) is 72.2 Å². The predicted octanol–water partition coefficient (Wildman–Crippen LogP) is 3.38. The Balaban J connectivity index is 1.29. The van der Waals surface area contributed by atoms with E-state index < -0.39 is 0 Å². The molecule has 2 aromatic heterocycles. The molecule has 144 valence electrons. The number of carbonyl (C=O) groups is 1. The van der Waals surface area contributed by atoms with E-state index in [2.05, 4.69) is 20.4 Å². The summed E-state index contributed by atoms with van der Waals surface area (Å²) in [5, 5.41) is 7.24. The Morgan fingerprint density at radius 2 is 2.11 bits per heavy atom. The summed E-state index contributed by atoms with van der Waals surface area (Å²) in [6, 6.07) is 15.6. The highest BCUT2D eigenvalue weighted by Gasteiger charge is 2.22. The summed E-state index contributed by atoms with van der Waals surface area (Å²) in [5.41, 5.74) is 2.53. The maximum absolute atomic E-state index is 12.2. The van der Waals surface area contributed by atoms with Gasteiger partial charge in [0.1, 0.15) is 5.69 Å². The van der Waals surface area contributed by atoms with Gasteiger partial charge in [-0.15, -0.1) is 0 Å². The second kappa shape index (κ2) is 8.80. The van der Waals surface area contributed by atoms with Crippen LogP contribution in [-0.4, -0.2) is 40.6 Å². The van der Waals surface area contributed by atoms with Crippen molar-refractivity contribution in [2.24, 2.45) is 5.92 Å². The molecule has 1 atom stereocenters. The summed E-state index contributed by atoms with van der Waals surface area (Å²) in [4.78, 5) is 18.6. The van der Waals surface area contributed by atoms with Crippen LogP contribution in [0.1, 0.15) is 29.0 Å². The molecule has 1 saturated heterocycles. The molecule has 3 aromatic rings. The van der Waals surface area contributed by atoms with Crippen LogP contribution in [0.4, 0.5) is 0 Å². The smallest absolute Gasteiger partial charge is 0.252 e. The highest BCUT2D eigenvalue weighted by atomic mass is 16.5. The zero-order valence-electron chi connectivity index (χ0n) is 15.8. The molecule has 1 fully saturated rings. The topological polar surface area (TPSA) is 71.3 Å². The number of aromatic nitrogens is 2. The molecule has 6 heteroatoms. The number of pyridine rings is 1. The zero-order chi connectivity index (χ0) is 19.2. The molecule has 0 radical (unpaired) electrons. The van der Waals surface area contributed by atoms with Gasteiger partial charge in [-0.2, -0.15) is 0 Å². The number of carbonyl (C=O) groups excluding carboxylic acids is 1. The number of nitrogens with zero attached hydrogens (tertiary/aromatic N) is 3. The number of nitrogens with one attached hydrogen (secondary N) is 1. The normalized spacial score (nSPS) is 17.4. The molecule has 1 amide bonds. The lowest BCUT2D eigenvalue weighted by Gasteiger charge is -2.32. The fraction of sp³-hybridized carbons (Fsp3) is 0.318. The predicted molar refractivity (Wildman–Crippen MR) is 107 cm³/mol. The van der Waals surface area contributed by atoms with E-state index in [1.807, 2.05) is 36.4 Å². The summed E-state index contributed by atoms with van der Waals surface area (Å²) in [6.45, 7) is 3.39. The number of amides is 1. The highest BCUT2D eigenvalue weighted by Crippen LogP contribution is 2.22. The fourth-order valence-electron chi connectivity index (χ4n) is 3.65. The maximum atomic E-state index is 12.2. The third-order valence-corrected chi connectivity index (χ3v) is 5.09. The number of piperidine rings is 1. The summed E-state index contributed by atoms with van der Waals surface area (Å²) >= 11 is 0. The minimum Gasteiger partial charge on any atom is -0.359 e. The lowest BCUT2D eigenvalue weighted by atomic mass is 9.97. The third kappa shape index (κ3) is 4.64. The average Bonchev–Trinajstić information content (AvgIpc) is 3.22.